The van der Waals surface area contributed by atoms with Crippen molar-refractivity contribution in [2.24, 2.45) is 0 Å². The molecule has 0 heterocycles. The van der Waals surface area contributed by atoms with Crippen LogP contribution in [0, 0.1) is 5.82 Å². The van der Waals surface area contributed by atoms with Gasteiger partial charge < -0.3 is 10.2 Å². The third-order valence-corrected chi connectivity index (χ3v) is 9.88. The van der Waals surface area contributed by atoms with E-state index in [2.05, 4.69) is 5.32 Å². The fourth-order valence-electron chi connectivity index (χ4n) is 4.70. The molecule has 0 saturated carbocycles. The lowest BCUT2D eigenvalue weighted by Gasteiger charge is -2.34. The number of halogens is 3. The first-order valence-corrected chi connectivity index (χ1v) is 16.6. The van der Waals surface area contributed by atoms with Crippen molar-refractivity contribution in [2.45, 2.75) is 50.2 Å². The SMILES string of the molecule is CC[C@@H](C)NC(=O)[C@@H](Cc1ccccc1)N(Cc1c(Cl)cccc1Cl)C(=O)CN(c1ccc(F)cc1)S(=O)(=O)c1ccccc1. The van der Waals surface area contributed by atoms with E-state index in [0.717, 1.165) is 22.0 Å². The van der Waals surface area contributed by atoms with E-state index < -0.39 is 40.2 Å². The number of nitrogens with zero attached hydrogens (tertiary/aromatic N) is 2. The maximum atomic E-state index is 14.5. The molecule has 7 nitrogen and oxygen atoms in total. The van der Waals surface area contributed by atoms with Crippen LogP contribution in [0.2, 0.25) is 10.0 Å². The highest BCUT2D eigenvalue weighted by molar-refractivity contribution is 7.92. The summed E-state index contributed by atoms with van der Waals surface area (Å²) in [5.74, 6) is -1.67. The summed E-state index contributed by atoms with van der Waals surface area (Å²) in [5.41, 5.74) is 1.27. The van der Waals surface area contributed by atoms with Gasteiger partial charge in [-0.3, -0.25) is 13.9 Å². The molecule has 0 saturated heterocycles. The number of anilines is 1. The second-order valence-corrected chi connectivity index (χ2v) is 13.2. The molecule has 0 unspecified atom stereocenters. The minimum Gasteiger partial charge on any atom is -0.352 e. The van der Waals surface area contributed by atoms with Crippen LogP contribution < -0.4 is 9.62 Å². The molecule has 0 aliphatic rings. The Morgan fingerprint density at radius 3 is 2.00 bits per heavy atom. The van der Waals surface area contributed by atoms with E-state index in [-0.39, 0.29) is 39.6 Å². The van der Waals surface area contributed by atoms with Crippen LogP contribution in [0.4, 0.5) is 10.1 Å². The molecule has 0 aliphatic heterocycles. The summed E-state index contributed by atoms with van der Waals surface area (Å²) in [5, 5.41) is 3.55. The van der Waals surface area contributed by atoms with Crippen LogP contribution in [-0.4, -0.2) is 43.8 Å². The van der Waals surface area contributed by atoms with Gasteiger partial charge in [0.05, 0.1) is 10.6 Å². The Kier molecular flexibility index (Phi) is 11.6. The molecule has 0 aliphatic carbocycles. The lowest BCUT2D eigenvalue weighted by atomic mass is 10.0. The third kappa shape index (κ3) is 8.63. The normalized spacial score (nSPS) is 12.6. The largest absolute Gasteiger partial charge is 0.352 e. The van der Waals surface area contributed by atoms with Gasteiger partial charge in [0.25, 0.3) is 10.0 Å². The number of rotatable bonds is 13. The average Bonchev–Trinajstić information content (AvgIpc) is 3.04. The zero-order chi connectivity index (χ0) is 32.6. The van der Waals surface area contributed by atoms with E-state index in [1.165, 1.54) is 29.2 Å². The van der Waals surface area contributed by atoms with Crippen molar-refractivity contribution in [2.75, 3.05) is 10.8 Å². The highest BCUT2D eigenvalue weighted by Gasteiger charge is 2.35. The first-order valence-electron chi connectivity index (χ1n) is 14.4. The molecular weight excluding hydrogens is 636 g/mol. The summed E-state index contributed by atoms with van der Waals surface area (Å²) in [6.07, 6.45) is 0.792. The average molecular weight is 671 g/mol. The van der Waals surface area contributed by atoms with Crippen LogP contribution in [0.1, 0.15) is 31.4 Å². The lowest BCUT2D eigenvalue weighted by molar-refractivity contribution is -0.140. The van der Waals surface area contributed by atoms with Crippen LogP contribution >= 0.6 is 23.2 Å². The van der Waals surface area contributed by atoms with Crippen LogP contribution in [0.15, 0.2) is 108 Å². The maximum Gasteiger partial charge on any atom is 0.264 e. The first-order chi connectivity index (χ1) is 21.5. The molecule has 45 heavy (non-hydrogen) atoms. The van der Waals surface area contributed by atoms with Gasteiger partial charge in [-0.1, -0.05) is 84.7 Å². The quantitative estimate of drug-likeness (QED) is 0.168. The third-order valence-electron chi connectivity index (χ3n) is 7.39. The maximum absolute atomic E-state index is 14.5. The van der Waals surface area contributed by atoms with E-state index in [1.54, 1.807) is 36.4 Å². The summed E-state index contributed by atoms with van der Waals surface area (Å²) >= 11 is 13.1. The summed E-state index contributed by atoms with van der Waals surface area (Å²) in [6, 6.07) is 25.3. The van der Waals surface area contributed by atoms with Crippen molar-refractivity contribution in [3.05, 3.63) is 130 Å². The molecule has 4 rings (SSSR count). The second-order valence-electron chi connectivity index (χ2n) is 10.5. The number of hydrogen-bond acceptors (Lipinski definition) is 4. The van der Waals surface area contributed by atoms with E-state index in [9.17, 15) is 22.4 Å². The minimum absolute atomic E-state index is 0.0572. The molecule has 2 atom stereocenters. The van der Waals surface area contributed by atoms with Gasteiger partial charge in [-0.15, -0.1) is 0 Å². The molecule has 1 N–H and O–H groups in total. The molecule has 11 heteroatoms. The van der Waals surface area contributed by atoms with Crippen molar-refractivity contribution >= 4 is 50.7 Å². The number of nitrogens with one attached hydrogen (secondary N) is 1. The molecule has 4 aromatic rings. The highest BCUT2D eigenvalue weighted by atomic mass is 35.5. The zero-order valence-corrected chi connectivity index (χ0v) is 27.2. The molecule has 2 amide bonds. The Morgan fingerprint density at radius 2 is 1.42 bits per heavy atom. The van der Waals surface area contributed by atoms with Crippen molar-refractivity contribution in [3.63, 3.8) is 0 Å². The first kappa shape index (κ1) is 34.0. The van der Waals surface area contributed by atoms with Gasteiger partial charge in [0.1, 0.15) is 18.4 Å². The molecule has 236 valence electrons. The van der Waals surface area contributed by atoms with E-state index >= 15 is 0 Å². The number of carbonyl (C=O) groups excluding carboxylic acids is 2. The molecular formula is C34H34Cl2FN3O4S. The van der Waals surface area contributed by atoms with Gasteiger partial charge in [0.15, 0.2) is 0 Å². The molecule has 0 aromatic heterocycles. The smallest absolute Gasteiger partial charge is 0.264 e. The van der Waals surface area contributed by atoms with Crippen LogP contribution in [0.5, 0.6) is 0 Å². The minimum atomic E-state index is -4.30. The van der Waals surface area contributed by atoms with Gasteiger partial charge in [-0.05, 0) is 67.4 Å². The van der Waals surface area contributed by atoms with Crippen molar-refractivity contribution in [1.82, 2.24) is 10.2 Å². The van der Waals surface area contributed by atoms with Gasteiger partial charge in [0.2, 0.25) is 11.8 Å². The molecule has 4 aromatic carbocycles. The van der Waals surface area contributed by atoms with Gasteiger partial charge >= 0.3 is 0 Å². The molecule has 0 radical (unpaired) electrons. The fraction of sp³-hybridized carbons (Fsp3) is 0.235. The Hall–Kier alpha value is -3.92. The summed E-state index contributed by atoms with van der Waals surface area (Å²) < 4.78 is 42.7. The van der Waals surface area contributed by atoms with E-state index in [0.29, 0.717) is 12.0 Å². The zero-order valence-electron chi connectivity index (χ0n) is 24.9. The molecule has 0 bridgehead atoms. The predicted molar refractivity (Wildman–Crippen MR) is 176 cm³/mol. The second kappa shape index (κ2) is 15.4. The topological polar surface area (TPSA) is 86.8 Å². The number of benzene rings is 4. The van der Waals surface area contributed by atoms with E-state index in [4.69, 9.17) is 23.2 Å². The van der Waals surface area contributed by atoms with Crippen LogP contribution in [0.3, 0.4) is 0 Å². The Balaban J connectivity index is 1.83. The monoisotopic (exact) mass is 669 g/mol. The number of carbonyl (C=O) groups is 2. The van der Waals surface area contributed by atoms with Crippen LogP contribution in [-0.2, 0) is 32.6 Å². The molecule has 0 fully saturated rings. The van der Waals surface area contributed by atoms with Gasteiger partial charge in [-0.25, -0.2) is 12.8 Å². The molecule has 0 spiro atoms. The lowest BCUT2D eigenvalue weighted by Crippen LogP contribution is -2.54. The Bertz CT molecular complexity index is 1690. The summed E-state index contributed by atoms with van der Waals surface area (Å²) in [4.78, 5) is 29.6. The number of amides is 2. The van der Waals surface area contributed by atoms with Crippen molar-refractivity contribution in [1.29, 1.82) is 0 Å². The van der Waals surface area contributed by atoms with Gasteiger partial charge in [0, 0.05) is 34.6 Å². The Labute approximate surface area is 273 Å². The summed E-state index contributed by atoms with van der Waals surface area (Å²) in [6.45, 7) is 2.92. The van der Waals surface area contributed by atoms with Crippen LogP contribution in [0.25, 0.3) is 0 Å². The standard InChI is InChI=1S/C34H34Cl2FN3O4S/c1-3-24(2)38-34(42)32(21-25-11-6-4-7-12-25)39(22-29-30(35)15-10-16-31(29)36)33(41)23-40(27-19-17-26(37)18-20-27)45(43,44)28-13-8-5-9-14-28/h4-20,24,32H,3,21-23H2,1-2H3,(H,38,42)/t24-,32-/m1/s1. The highest BCUT2D eigenvalue weighted by Crippen LogP contribution is 2.29. The number of hydrogen-bond donors (Lipinski definition) is 1. The van der Waals surface area contributed by atoms with Crippen molar-refractivity contribution < 1.29 is 22.4 Å². The van der Waals surface area contributed by atoms with Crippen molar-refractivity contribution in [3.8, 4) is 0 Å². The summed E-state index contributed by atoms with van der Waals surface area (Å²) in [7, 11) is -4.30. The van der Waals surface area contributed by atoms with E-state index in [1.807, 2.05) is 44.2 Å². The van der Waals surface area contributed by atoms with Gasteiger partial charge in [-0.2, -0.15) is 0 Å². The predicted octanol–water partition coefficient (Wildman–Crippen LogP) is 6.88. The fourth-order valence-corrected chi connectivity index (χ4v) is 6.66. The Morgan fingerprint density at radius 1 is 0.844 bits per heavy atom. The number of sulfonamides is 1.